The van der Waals surface area contributed by atoms with E-state index in [0.29, 0.717) is 16.8 Å². The molecule has 0 unspecified atom stereocenters. The normalized spacial score (nSPS) is 20.1. The number of rotatable bonds is 6. The third-order valence-electron chi connectivity index (χ3n) is 5.72. The number of halogens is 2. The predicted octanol–water partition coefficient (Wildman–Crippen LogP) is 4.27. The SMILES string of the molecule is CS(C)(=O)=Nc1ccc(-c2ccc(-c3nc4nc(O[C@@H]5CO[C@H](CO)[C@H]5F)[nH]c4cc3F)cc2)cc1. The number of pyridine rings is 1. The van der Waals surface area contributed by atoms with E-state index in [1.165, 1.54) is 6.07 Å². The molecule has 36 heavy (non-hydrogen) atoms. The van der Waals surface area contributed by atoms with Crippen molar-refractivity contribution in [2.75, 3.05) is 25.7 Å². The lowest BCUT2D eigenvalue weighted by Crippen LogP contribution is -2.32. The fourth-order valence-corrected chi connectivity index (χ4v) is 4.61. The summed E-state index contributed by atoms with van der Waals surface area (Å²) in [7, 11) is -2.24. The first-order valence-corrected chi connectivity index (χ1v) is 13.5. The van der Waals surface area contributed by atoms with E-state index in [4.69, 9.17) is 14.6 Å². The summed E-state index contributed by atoms with van der Waals surface area (Å²) in [6, 6.07) is 15.9. The largest absolute Gasteiger partial charge is 0.456 e. The number of aliphatic hydroxyl groups is 1. The van der Waals surface area contributed by atoms with Crippen LogP contribution in [0.4, 0.5) is 14.5 Å². The number of alkyl halides is 1. The molecule has 0 amide bonds. The molecule has 1 aliphatic heterocycles. The molecule has 2 N–H and O–H groups in total. The topological polar surface area (TPSA) is 110 Å². The van der Waals surface area contributed by atoms with Gasteiger partial charge in [0.1, 0.15) is 11.8 Å². The fourth-order valence-electron chi connectivity index (χ4n) is 3.98. The van der Waals surface area contributed by atoms with E-state index >= 15 is 0 Å². The molecule has 5 rings (SSSR count). The molecule has 0 spiro atoms. The van der Waals surface area contributed by atoms with Crippen molar-refractivity contribution in [1.82, 2.24) is 15.0 Å². The van der Waals surface area contributed by atoms with Crippen LogP contribution in [0.15, 0.2) is 59.0 Å². The van der Waals surface area contributed by atoms with Crippen LogP contribution in [0.5, 0.6) is 6.01 Å². The Hall–Kier alpha value is -3.41. The molecular formula is C25H24F2N4O4S. The number of nitrogens with one attached hydrogen (secondary N) is 1. The van der Waals surface area contributed by atoms with Crippen molar-refractivity contribution < 1.29 is 27.6 Å². The van der Waals surface area contributed by atoms with Gasteiger partial charge in [0.2, 0.25) is 0 Å². The minimum absolute atomic E-state index is 0.00335. The summed E-state index contributed by atoms with van der Waals surface area (Å²) in [4.78, 5) is 11.4. The number of aromatic nitrogens is 3. The molecule has 0 saturated carbocycles. The van der Waals surface area contributed by atoms with Gasteiger partial charge < -0.3 is 19.6 Å². The second kappa shape index (κ2) is 9.57. The Balaban J connectivity index is 1.36. The molecule has 0 aliphatic carbocycles. The number of aromatic amines is 1. The Morgan fingerprint density at radius 3 is 2.36 bits per heavy atom. The van der Waals surface area contributed by atoms with Crippen LogP contribution in [0.3, 0.4) is 0 Å². The summed E-state index contributed by atoms with van der Waals surface area (Å²) in [5.74, 6) is -0.549. The number of ether oxygens (including phenoxy) is 2. The van der Waals surface area contributed by atoms with Crippen molar-refractivity contribution in [2.24, 2.45) is 4.36 Å². The van der Waals surface area contributed by atoms with E-state index in [2.05, 4.69) is 19.3 Å². The van der Waals surface area contributed by atoms with Crippen molar-refractivity contribution >= 4 is 26.6 Å². The van der Waals surface area contributed by atoms with Crippen molar-refractivity contribution in [3.8, 4) is 28.4 Å². The van der Waals surface area contributed by atoms with Gasteiger partial charge in [0, 0.05) is 33.9 Å². The molecule has 2 aromatic heterocycles. The van der Waals surface area contributed by atoms with Gasteiger partial charge >= 0.3 is 0 Å². The zero-order chi connectivity index (χ0) is 25.4. The zero-order valence-corrected chi connectivity index (χ0v) is 20.3. The van der Waals surface area contributed by atoms with Gasteiger partial charge in [-0.2, -0.15) is 9.35 Å². The molecule has 0 bridgehead atoms. The molecule has 188 valence electrons. The Kier molecular flexibility index (Phi) is 6.45. The standard InChI is InChI=1S/C25H24F2N4O4S/c1-36(2,33)31-17-9-7-15(8-10-17)14-3-5-16(6-4-14)23-18(26)11-19-24(29-23)30-25(28-19)35-21-13-34-20(12-32)22(21)27/h3-11,20-22,32H,12-13H2,1-2H3,(H,28,29,30)/t20-,21-,22-/m1/s1. The maximum atomic E-state index is 14.9. The van der Waals surface area contributed by atoms with Gasteiger partial charge in [0.25, 0.3) is 6.01 Å². The summed E-state index contributed by atoms with van der Waals surface area (Å²) in [6.07, 6.45) is -0.220. The van der Waals surface area contributed by atoms with E-state index in [0.717, 1.165) is 11.1 Å². The zero-order valence-electron chi connectivity index (χ0n) is 19.5. The average Bonchev–Trinajstić information content (AvgIpc) is 3.40. The minimum atomic E-state index is -2.24. The first-order valence-electron chi connectivity index (χ1n) is 11.2. The number of fused-ring (bicyclic) bond motifs is 1. The van der Waals surface area contributed by atoms with E-state index in [9.17, 15) is 13.0 Å². The summed E-state index contributed by atoms with van der Waals surface area (Å²) in [5.41, 5.74) is 3.70. The number of hydrogen-bond donors (Lipinski definition) is 2. The molecule has 0 radical (unpaired) electrons. The van der Waals surface area contributed by atoms with Crippen molar-refractivity contribution in [3.63, 3.8) is 0 Å². The number of hydrogen-bond acceptors (Lipinski definition) is 7. The van der Waals surface area contributed by atoms with Crippen LogP contribution in [0, 0.1) is 5.82 Å². The van der Waals surface area contributed by atoms with Crippen LogP contribution in [-0.2, 0) is 14.5 Å². The van der Waals surface area contributed by atoms with Crippen LogP contribution in [-0.4, -0.2) is 68.4 Å². The first kappa shape index (κ1) is 24.3. The molecule has 3 heterocycles. The Morgan fingerprint density at radius 1 is 1.11 bits per heavy atom. The monoisotopic (exact) mass is 514 g/mol. The molecule has 11 heteroatoms. The quantitative estimate of drug-likeness (QED) is 0.398. The van der Waals surface area contributed by atoms with Crippen LogP contribution in [0.1, 0.15) is 0 Å². The van der Waals surface area contributed by atoms with Gasteiger partial charge in [-0.1, -0.05) is 36.4 Å². The third-order valence-corrected chi connectivity index (χ3v) is 6.37. The fraction of sp³-hybridized carbons (Fsp3) is 0.280. The first-order chi connectivity index (χ1) is 17.2. The van der Waals surface area contributed by atoms with Gasteiger partial charge in [-0.05, 0) is 23.3 Å². The van der Waals surface area contributed by atoms with Gasteiger partial charge in [0.05, 0.1) is 24.4 Å². The highest BCUT2D eigenvalue weighted by Gasteiger charge is 2.39. The lowest BCUT2D eigenvalue weighted by molar-refractivity contribution is 0.0302. The minimum Gasteiger partial charge on any atom is -0.456 e. The van der Waals surface area contributed by atoms with Crippen molar-refractivity contribution in [2.45, 2.75) is 18.4 Å². The maximum absolute atomic E-state index is 14.9. The van der Waals surface area contributed by atoms with E-state index in [1.807, 2.05) is 24.3 Å². The molecule has 1 fully saturated rings. The average molecular weight is 515 g/mol. The van der Waals surface area contributed by atoms with E-state index < -0.39 is 40.5 Å². The lowest BCUT2D eigenvalue weighted by atomic mass is 10.0. The van der Waals surface area contributed by atoms with Gasteiger partial charge in [-0.25, -0.2) is 18.0 Å². The Bertz CT molecular complexity index is 1510. The highest BCUT2D eigenvalue weighted by Crippen LogP contribution is 2.29. The lowest BCUT2D eigenvalue weighted by Gasteiger charge is -2.13. The van der Waals surface area contributed by atoms with E-state index in [-0.39, 0.29) is 24.0 Å². The molecule has 8 nitrogen and oxygen atoms in total. The number of nitrogens with zero attached hydrogens (tertiary/aromatic N) is 3. The smallest absolute Gasteiger partial charge is 0.296 e. The Morgan fingerprint density at radius 2 is 1.75 bits per heavy atom. The summed E-state index contributed by atoms with van der Waals surface area (Å²) in [5, 5.41) is 9.12. The molecular weight excluding hydrogens is 490 g/mol. The van der Waals surface area contributed by atoms with Gasteiger partial charge in [0.15, 0.2) is 23.7 Å². The van der Waals surface area contributed by atoms with Crippen LogP contribution in [0.25, 0.3) is 33.5 Å². The summed E-state index contributed by atoms with van der Waals surface area (Å²) >= 11 is 0. The highest BCUT2D eigenvalue weighted by atomic mass is 32.2. The number of H-pyrrole nitrogens is 1. The number of aliphatic hydroxyl groups excluding tert-OH is 1. The maximum Gasteiger partial charge on any atom is 0.296 e. The van der Waals surface area contributed by atoms with Crippen LogP contribution >= 0.6 is 0 Å². The summed E-state index contributed by atoms with van der Waals surface area (Å²) < 4.78 is 55.9. The summed E-state index contributed by atoms with van der Waals surface area (Å²) in [6.45, 7) is -0.476. The second-order valence-corrected chi connectivity index (χ2v) is 11.3. The number of imidazole rings is 1. The van der Waals surface area contributed by atoms with Crippen molar-refractivity contribution in [3.05, 3.63) is 60.4 Å². The van der Waals surface area contributed by atoms with Crippen LogP contribution in [0.2, 0.25) is 0 Å². The highest BCUT2D eigenvalue weighted by molar-refractivity contribution is 7.92. The molecule has 3 atom stereocenters. The Labute approximate surface area is 206 Å². The van der Waals surface area contributed by atoms with E-state index in [1.54, 1.807) is 36.8 Å². The van der Waals surface area contributed by atoms with Crippen LogP contribution < -0.4 is 4.74 Å². The molecule has 1 aliphatic rings. The predicted molar refractivity (Wildman–Crippen MR) is 133 cm³/mol. The molecule has 1 saturated heterocycles. The number of benzene rings is 2. The molecule has 4 aromatic rings. The van der Waals surface area contributed by atoms with Gasteiger partial charge in [-0.15, -0.1) is 0 Å². The second-order valence-electron chi connectivity index (χ2n) is 8.78. The third kappa shape index (κ3) is 5.08. The van der Waals surface area contributed by atoms with Gasteiger partial charge in [-0.3, -0.25) is 0 Å². The van der Waals surface area contributed by atoms with Crippen molar-refractivity contribution in [1.29, 1.82) is 0 Å². The molecule has 2 aromatic carbocycles.